The minimum absolute atomic E-state index is 0.0938. The first-order valence-electron chi connectivity index (χ1n) is 14.0. The van der Waals surface area contributed by atoms with Gasteiger partial charge >= 0.3 is 0 Å². The Morgan fingerprint density at radius 1 is 1.02 bits per heavy atom. The SMILES string of the molecule is COc1ccc(-c2nn(-c3ccccc3)cc2C=c2sc(=C(C#N)C(=O)C(C)(C)C)n(-c3cccc(Cl)c3C)c2=O)cc1OC. The van der Waals surface area contributed by atoms with Gasteiger partial charge < -0.3 is 9.47 Å². The second-order valence-electron chi connectivity index (χ2n) is 11.3. The van der Waals surface area contributed by atoms with Crippen LogP contribution in [0.25, 0.3) is 34.3 Å². The molecular weight excluding hydrogens is 608 g/mol. The molecule has 0 fully saturated rings. The lowest BCUT2D eigenvalue weighted by Gasteiger charge is -2.15. The Hall–Kier alpha value is -4.91. The number of carbonyl (C=O) groups excluding carboxylic acids is 1. The van der Waals surface area contributed by atoms with Gasteiger partial charge in [-0.1, -0.05) is 56.6 Å². The fraction of sp³-hybridized carbons (Fsp3) is 0.200. The third-order valence-electron chi connectivity index (χ3n) is 7.24. The summed E-state index contributed by atoms with van der Waals surface area (Å²) >= 11 is 7.54. The largest absolute Gasteiger partial charge is 0.493 e. The van der Waals surface area contributed by atoms with Gasteiger partial charge in [0.1, 0.15) is 22.0 Å². The van der Waals surface area contributed by atoms with Crippen molar-refractivity contribution in [2.75, 3.05) is 14.2 Å². The minimum Gasteiger partial charge on any atom is -0.493 e. The number of nitriles is 1. The number of ketones is 1. The zero-order valence-electron chi connectivity index (χ0n) is 25.7. The van der Waals surface area contributed by atoms with Crippen LogP contribution in [-0.2, 0) is 4.79 Å². The molecule has 0 aliphatic rings. The van der Waals surface area contributed by atoms with Crippen LogP contribution < -0.4 is 24.2 Å². The number of ether oxygens (including phenoxy) is 2. The summed E-state index contributed by atoms with van der Waals surface area (Å²) in [7, 11) is 3.13. The molecule has 8 nitrogen and oxygen atoms in total. The molecule has 0 N–H and O–H groups in total. The van der Waals surface area contributed by atoms with Gasteiger partial charge in [0.05, 0.1) is 30.1 Å². The highest BCUT2D eigenvalue weighted by molar-refractivity contribution is 7.07. The van der Waals surface area contributed by atoms with E-state index in [0.29, 0.717) is 43.6 Å². The molecule has 5 aromatic rings. The summed E-state index contributed by atoms with van der Waals surface area (Å²) in [5.74, 6) is 0.732. The molecule has 0 aliphatic carbocycles. The van der Waals surface area contributed by atoms with Crippen LogP contribution in [-0.4, -0.2) is 34.4 Å². The van der Waals surface area contributed by atoms with E-state index in [0.717, 1.165) is 22.6 Å². The number of hydrogen-bond acceptors (Lipinski definition) is 7. The van der Waals surface area contributed by atoms with E-state index in [4.69, 9.17) is 26.2 Å². The summed E-state index contributed by atoms with van der Waals surface area (Å²) in [5, 5.41) is 15.6. The molecule has 5 rings (SSSR count). The normalized spacial score (nSPS) is 12.5. The number of aromatic nitrogens is 3. The third kappa shape index (κ3) is 6.07. The van der Waals surface area contributed by atoms with Crippen LogP contribution in [0.1, 0.15) is 31.9 Å². The lowest BCUT2D eigenvalue weighted by molar-refractivity contribution is -0.120. The second-order valence-corrected chi connectivity index (χ2v) is 12.7. The minimum atomic E-state index is -0.847. The first kappa shape index (κ1) is 31.5. The van der Waals surface area contributed by atoms with Crippen molar-refractivity contribution >= 4 is 40.4 Å². The fourth-order valence-corrected chi connectivity index (χ4v) is 6.09. The van der Waals surface area contributed by atoms with E-state index in [1.165, 1.54) is 4.57 Å². The predicted molar refractivity (Wildman–Crippen MR) is 178 cm³/mol. The average molecular weight is 639 g/mol. The Morgan fingerprint density at radius 3 is 2.38 bits per heavy atom. The van der Waals surface area contributed by atoms with Crippen LogP contribution in [0.4, 0.5) is 0 Å². The maximum Gasteiger partial charge on any atom is 0.273 e. The standard InChI is InChI=1S/C35H31ClN4O4S/c1-21-26(36)13-10-14-27(21)40-33(42)30(45-34(40)25(19-37)32(41)35(2,3)4)18-23-20-39(24-11-8-7-9-12-24)38-31(23)22-15-16-28(43-5)29(17-22)44-6/h7-18,20H,1-6H3. The quantitative estimate of drug-likeness (QED) is 0.222. The maximum absolute atomic E-state index is 14.3. The van der Waals surface area contributed by atoms with Crippen molar-refractivity contribution in [1.29, 1.82) is 5.26 Å². The fourth-order valence-electron chi connectivity index (χ4n) is 4.83. The van der Waals surface area contributed by atoms with E-state index in [1.807, 2.05) is 48.7 Å². The van der Waals surface area contributed by atoms with Crippen LogP contribution in [0.3, 0.4) is 0 Å². The summed E-state index contributed by atoms with van der Waals surface area (Å²) in [6.45, 7) is 7.03. The van der Waals surface area contributed by atoms with Crippen molar-refractivity contribution in [3.63, 3.8) is 0 Å². The summed E-state index contributed by atoms with van der Waals surface area (Å²) in [6, 6.07) is 22.4. The van der Waals surface area contributed by atoms with Gasteiger partial charge in [0.15, 0.2) is 17.3 Å². The molecule has 0 saturated heterocycles. The molecule has 0 bridgehead atoms. The van der Waals surface area contributed by atoms with Crippen molar-refractivity contribution in [3.05, 3.63) is 109 Å². The smallest absolute Gasteiger partial charge is 0.273 e. The monoisotopic (exact) mass is 638 g/mol. The van der Waals surface area contributed by atoms with E-state index in [9.17, 15) is 14.9 Å². The molecule has 0 atom stereocenters. The highest BCUT2D eigenvalue weighted by Crippen LogP contribution is 2.33. The Morgan fingerprint density at radius 2 is 1.73 bits per heavy atom. The predicted octanol–water partition coefficient (Wildman–Crippen LogP) is 5.85. The van der Waals surface area contributed by atoms with E-state index in [2.05, 4.69) is 6.07 Å². The number of Topliss-reactive ketones (excluding diaryl/α,β-unsaturated/α-hetero) is 1. The molecule has 0 radical (unpaired) electrons. The van der Waals surface area contributed by atoms with Crippen molar-refractivity contribution in [1.82, 2.24) is 14.3 Å². The van der Waals surface area contributed by atoms with Gasteiger partial charge in [-0.15, -0.1) is 11.3 Å². The Kier molecular flexibility index (Phi) is 8.82. The Bertz CT molecular complexity index is 2150. The summed E-state index contributed by atoms with van der Waals surface area (Å²) in [5.41, 5.74) is 2.62. The number of thiazole rings is 1. The zero-order chi connectivity index (χ0) is 32.5. The number of benzene rings is 3. The summed E-state index contributed by atoms with van der Waals surface area (Å²) in [6.07, 6.45) is 3.58. The number of carbonyl (C=O) groups is 1. The van der Waals surface area contributed by atoms with Gasteiger partial charge in [-0.05, 0) is 61.0 Å². The van der Waals surface area contributed by atoms with Crippen molar-refractivity contribution in [2.24, 2.45) is 5.41 Å². The van der Waals surface area contributed by atoms with Gasteiger partial charge in [0.25, 0.3) is 5.56 Å². The molecule has 0 aliphatic heterocycles. The molecule has 0 saturated carbocycles. The third-order valence-corrected chi connectivity index (χ3v) is 8.75. The van der Waals surface area contributed by atoms with E-state index < -0.39 is 5.41 Å². The van der Waals surface area contributed by atoms with Gasteiger partial charge in [-0.2, -0.15) is 10.4 Å². The maximum atomic E-state index is 14.3. The van der Waals surface area contributed by atoms with E-state index >= 15 is 0 Å². The highest BCUT2D eigenvalue weighted by atomic mass is 35.5. The van der Waals surface area contributed by atoms with E-state index in [-0.39, 0.29) is 21.6 Å². The van der Waals surface area contributed by atoms with Crippen molar-refractivity contribution in [3.8, 4) is 40.2 Å². The highest BCUT2D eigenvalue weighted by Gasteiger charge is 2.28. The number of methoxy groups -OCH3 is 2. The first-order chi connectivity index (χ1) is 21.5. The first-order valence-corrected chi connectivity index (χ1v) is 15.2. The van der Waals surface area contributed by atoms with Gasteiger partial charge in [0.2, 0.25) is 0 Å². The second kappa shape index (κ2) is 12.6. The van der Waals surface area contributed by atoms with Gasteiger partial charge in [-0.3, -0.25) is 14.2 Å². The van der Waals surface area contributed by atoms with Crippen molar-refractivity contribution in [2.45, 2.75) is 27.7 Å². The number of halogens is 1. The van der Waals surface area contributed by atoms with Crippen LogP contribution in [0.2, 0.25) is 5.02 Å². The molecule has 10 heteroatoms. The molecule has 0 unspecified atom stereocenters. The van der Waals surface area contributed by atoms with Crippen molar-refractivity contribution < 1.29 is 14.3 Å². The summed E-state index contributed by atoms with van der Waals surface area (Å²) in [4.78, 5) is 27.7. The van der Waals surface area contributed by atoms with Gasteiger partial charge in [0, 0.05) is 27.8 Å². The van der Waals surface area contributed by atoms with Crippen LogP contribution in [0.15, 0.2) is 77.7 Å². The lowest BCUT2D eigenvalue weighted by atomic mass is 9.87. The van der Waals surface area contributed by atoms with E-state index in [1.54, 1.807) is 76.9 Å². The molecule has 0 amide bonds. The average Bonchev–Trinajstić information content (AvgIpc) is 3.59. The molecule has 228 valence electrons. The number of hydrogen-bond donors (Lipinski definition) is 0. The topological polar surface area (TPSA) is 99.1 Å². The Labute approximate surface area is 269 Å². The molecule has 45 heavy (non-hydrogen) atoms. The van der Waals surface area contributed by atoms with Crippen LogP contribution in [0.5, 0.6) is 11.5 Å². The Balaban J connectivity index is 1.87. The number of nitrogens with zero attached hydrogens (tertiary/aromatic N) is 4. The molecule has 2 heterocycles. The zero-order valence-corrected chi connectivity index (χ0v) is 27.3. The lowest BCUT2D eigenvalue weighted by Crippen LogP contribution is -2.33. The molecular formula is C35H31ClN4O4S. The number of rotatable bonds is 7. The van der Waals surface area contributed by atoms with Gasteiger partial charge in [-0.25, -0.2) is 4.68 Å². The molecule has 2 aromatic heterocycles. The summed E-state index contributed by atoms with van der Waals surface area (Å²) < 4.78 is 14.7. The van der Waals surface area contributed by atoms with Crippen LogP contribution >= 0.6 is 22.9 Å². The molecule has 3 aromatic carbocycles. The van der Waals surface area contributed by atoms with Crippen LogP contribution in [0, 0.1) is 23.7 Å². The number of para-hydroxylation sites is 1. The molecule has 0 spiro atoms.